The molecule has 0 fully saturated rings. The van der Waals surface area contributed by atoms with Gasteiger partial charge in [-0.25, -0.2) is 9.78 Å². The number of carbonyl (C=O) groups is 1. The lowest BCUT2D eigenvalue weighted by Gasteiger charge is -2.17. The third kappa shape index (κ3) is 10.3. The predicted octanol–water partition coefficient (Wildman–Crippen LogP) is 0.366. The van der Waals surface area contributed by atoms with Gasteiger partial charge in [-0.3, -0.25) is 14.2 Å². The first-order chi connectivity index (χ1) is 19.7. The van der Waals surface area contributed by atoms with E-state index in [4.69, 9.17) is 24.1 Å². The molecule has 0 spiro atoms. The van der Waals surface area contributed by atoms with Gasteiger partial charge in [-0.2, -0.15) is 0 Å². The van der Waals surface area contributed by atoms with Gasteiger partial charge in [-0.15, -0.1) is 0 Å². The van der Waals surface area contributed by atoms with Crippen molar-refractivity contribution in [3.05, 3.63) is 85.0 Å². The summed E-state index contributed by atoms with van der Waals surface area (Å²) in [6.07, 6.45) is 4.84. The minimum atomic E-state index is -1.02. The minimum Gasteiger partial charge on any atom is -0.480 e. The van der Waals surface area contributed by atoms with Crippen LogP contribution in [0, 0.1) is 0 Å². The van der Waals surface area contributed by atoms with Crippen LogP contribution < -0.4 is 21.8 Å². The molecule has 0 atom stereocenters. The van der Waals surface area contributed by atoms with Gasteiger partial charge in [0.15, 0.2) is 0 Å². The number of ether oxygens (including phenoxy) is 4. The molecular weight excluding hydrogens is 532 g/mol. The summed E-state index contributed by atoms with van der Waals surface area (Å²) in [5.74, 6) is -1.02. The van der Waals surface area contributed by atoms with E-state index >= 15 is 0 Å². The Balaban J connectivity index is 1.66. The van der Waals surface area contributed by atoms with Crippen LogP contribution in [0.3, 0.4) is 0 Å². The Kier molecular flexibility index (Phi) is 12.2. The lowest BCUT2D eigenvalue weighted by Crippen LogP contribution is -2.53. The predicted molar refractivity (Wildman–Crippen MR) is 152 cm³/mol. The Morgan fingerprint density at radius 3 is 2.15 bits per heavy atom. The molecule has 12 heteroatoms. The van der Waals surface area contributed by atoms with Gasteiger partial charge in [0.1, 0.15) is 17.3 Å². The first-order valence-corrected chi connectivity index (χ1v) is 13.3. The summed E-state index contributed by atoms with van der Waals surface area (Å²) in [6, 6.07) is 9.31. The molecule has 3 aromatic rings. The molecule has 0 bridgehead atoms. The molecular formula is C29H38N4O8. The number of imidazole rings is 1. The van der Waals surface area contributed by atoms with Crippen LogP contribution in [-0.4, -0.2) is 83.4 Å². The van der Waals surface area contributed by atoms with Crippen molar-refractivity contribution in [2.75, 3.05) is 52.9 Å². The molecule has 0 aliphatic carbocycles. The Labute approximate surface area is 237 Å². The molecule has 0 saturated carbocycles. The van der Waals surface area contributed by atoms with Crippen molar-refractivity contribution in [3.63, 3.8) is 0 Å². The van der Waals surface area contributed by atoms with E-state index in [0.29, 0.717) is 32.1 Å². The Morgan fingerprint density at radius 1 is 0.927 bits per heavy atom. The first kappa shape index (κ1) is 31.7. The molecule has 12 nitrogen and oxygen atoms in total. The molecule has 0 amide bonds. The number of aliphatic carboxylic acids is 1. The van der Waals surface area contributed by atoms with Crippen molar-refractivity contribution in [3.8, 4) is 0 Å². The number of hydrogen-bond acceptors (Lipinski definition) is 8. The van der Waals surface area contributed by atoms with Crippen molar-refractivity contribution in [1.29, 1.82) is 0 Å². The smallest absolute Gasteiger partial charge is 0.329 e. The van der Waals surface area contributed by atoms with E-state index in [-0.39, 0.29) is 54.6 Å². The number of benzene rings is 1. The van der Waals surface area contributed by atoms with E-state index in [1.807, 2.05) is 51.1 Å². The maximum atomic E-state index is 13.6. The van der Waals surface area contributed by atoms with Crippen molar-refractivity contribution < 1.29 is 28.8 Å². The largest absolute Gasteiger partial charge is 0.480 e. The summed E-state index contributed by atoms with van der Waals surface area (Å²) in [5, 5.41) is 8.85. The Hall–Kier alpha value is -3.84. The van der Waals surface area contributed by atoms with Gasteiger partial charge in [0.2, 0.25) is 0 Å². The topological polar surface area (TPSA) is 158 Å². The van der Waals surface area contributed by atoms with Crippen molar-refractivity contribution in [1.82, 2.24) is 19.5 Å². The lowest BCUT2D eigenvalue weighted by molar-refractivity contribution is -0.142. The number of hydrogen-bond donors (Lipinski definition) is 3. The van der Waals surface area contributed by atoms with Gasteiger partial charge >= 0.3 is 5.97 Å². The quantitative estimate of drug-likeness (QED) is 0.207. The van der Waals surface area contributed by atoms with Crippen molar-refractivity contribution >= 4 is 18.1 Å². The normalized spacial score (nSPS) is 12.8. The Morgan fingerprint density at radius 2 is 1.54 bits per heavy atom. The highest BCUT2D eigenvalue weighted by molar-refractivity contribution is 5.67. The monoisotopic (exact) mass is 570 g/mol. The van der Waals surface area contributed by atoms with E-state index in [1.165, 1.54) is 4.57 Å². The number of carboxylic acids is 1. The van der Waals surface area contributed by atoms with Crippen LogP contribution in [0.25, 0.3) is 12.2 Å². The van der Waals surface area contributed by atoms with Gasteiger partial charge in [0.05, 0.1) is 58.3 Å². The van der Waals surface area contributed by atoms with Crippen molar-refractivity contribution in [2.24, 2.45) is 0 Å². The van der Waals surface area contributed by atoms with Crippen LogP contribution in [0.2, 0.25) is 0 Å². The molecule has 3 N–H and O–H groups in total. The van der Waals surface area contributed by atoms with E-state index < -0.39 is 11.5 Å². The van der Waals surface area contributed by atoms with Gasteiger partial charge in [0, 0.05) is 17.7 Å². The summed E-state index contributed by atoms with van der Waals surface area (Å²) < 4.78 is 22.7. The van der Waals surface area contributed by atoms with E-state index in [2.05, 4.69) is 15.0 Å². The third-order valence-corrected chi connectivity index (χ3v) is 5.85. The molecule has 3 rings (SSSR count). The highest BCUT2D eigenvalue weighted by atomic mass is 16.6. The number of aromatic amines is 2. The lowest BCUT2D eigenvalue weighted by atomic mass is 9.90. The molecule has 0 saturated heterocycles. The molecule has 2 aromatic heterocycles. The molecule has 0 aliphatic rings. The zero-order chi connectivity index (χ0) is 29.7. The summed E-state index contributed by atoms with van der Waals surface area (Å²) in [4.78, 5) is 47.3. The van der Waals surface area contributed by atoms with E-state index in [0.717, 1.165) is 11.3 Å². The maximum absolute atomic E-state index is 13.6. The molecule has 0 radical (unpaired) electrons. The highest BCUT2D eigenvalue weighted by Gasteiger charge is 2.19. The van der Waals surface area contributed by atoms with Crippen molar-refractivity contribution in [2.45, 2.75) is 32.7 Å². The zero-order valence-electron chi connectivity index (χ0n) is 23.7. The minimum absolute atomic E-state index is 0.134. The summed E-state index contributed by atoms with van der Waals surface area (Å²) in [5.41, 5.74) is 1.23. The van der Waals surface area contributed by atoms with Crippen LogP contribution in [0.4, 0.5) is 0 Å². The first-order valence-electron chi connectivity index (χ1n) is 13.3. The summed E-state index contributed by atoms with van der Waals surface area (Å²) in [6.45, 7) is 7.85. The second-order valence-corrected chi connectivity index (χ2v) is 10.1. The van der Waals surface area contributed by atoms with Gasteiger partial charge < -0.3 is 34.0 Å². The van der Waals surface area contributed by atoms with Crippen LogP contribution in [0.15, 0.2) is 46.2 Å². The molecule has 1 aromatic carbocycles. The number of aromatic nitrogens is 4. The van der Waals surface area contributed by atoms with Gasteiger partial charge in [-0.1, -0.05) is 51.1 Å². The average molecular weight is 571 g/mol. The van der Waals surface area contributed by atoms with Crippen LogP contribution in [0.5, 0.6) is 0 Å². The molecule has 0 aliphatic heterocycles. The van der Waals surface area contributed by atoms with Crippen LogP contribution in [0.1, 0.15) is 37.7 Å². The van der Waals surface area contributed by atoms with E-state index in [9.17, 15) is 14.4 Å². The van der Waals surface area contributed by atoms with Crippen LogP contribution in [-0.2, 0) is 35.7 Å². The Bertz CT molecular complexity index is 1490. The van der Waals surface area contributed by atoms with Gasteiger partial charge in [0.25, 0.3) is 11.1 Å². The zero-order valence-corrected chi connectivity index (χ0v) is 23.7. The number of H-pyrrole nitrogens is 2. The van der Waals surface area contributed by atoms with Crippen LogP contribution >= 0.6 is 0 Å². The second kappa shape index (κ2) is 15.8. The fourth-order valence-corrected chi connectivity index (χ4v) is 3.91. The SMILES string of the molecule is CC(C)(C)c1[nH]cnc1/C=c1\[nH]c(=O)/c(=C/c2ccccc2)n(CCOCCOCCOCCOCC(=O)O)c1=O. The second-order valence-electron chi connectivity index (χ2n) is 10.1. The molecule has 0 unspecified atom stereocenters. The standard InChI is InChI=1S/C29H38N4O8/c1-29(2,3)26-22(30-20-31-26)18-23-28(37)33(24(27(36)32-23)17-21-7-5-4-6-8-21)9-10-38-11-12-39-13-14-40-15-16-41-19-25(34)35/h4-8,17-18,20H,9-16,19H2,1-3H3,(H,30,31)(H,32,36)(H,34,35)/b23-18-,24-17-. The molecule has 222 valence electrons. The molecule has 2 heterocycles. The van der Waals surface area contributed by atoms with E-state index in [1.54, 1.807) is 18.5 Å². The highest BCUT2D eigenvalue weighted by Crippen LogP contribution is 2.22. The maximum Gasteiger partial charge on any atom is 0.329 e. The average Bonchev–Trinajstić information content (AvgIpc) is 3.40. The summed E-state index contributed by atoms with van der Waals surface area (Å²) >= 11 is 0. The summed E-state index contributed by atoms with van der Waals surface area (Å²) in [7, 11) is 0. The number of carboxylic acid groups (broad SMARTS) is 1. The number of nitrogens with zero attached hydrogens (tertiary/aromatic N) is 2. The fraction of sp³-hybridized carbons (Fsp3) is 0.448. The third-order valence-electron chi connectivity index (χ3n) is 5.85. The fourth-order valence-electron chi connectivity index (χ4n) is 3.91. The number of rotatable bonds is 16. The van der Waals surface area contributed by atoms with Gasteiger partial charge in [-0.05, 0) is 17.7 Å². The molecule has 41 heavy (non-hydrogen) atoms. The number of nitrogens with one attached hydrogen (secondary N) is 2.